The predicted octanol–water partition coefficient (Wildman–Crippen LogP) is 3.46. The van der Waals surface area contributed by atoms with Crippen LogP contribution < -0.4 is 5.32 Å². The highest BCUT2D eigenvalue weighted by Crippen LogP contribution is 2.14. The van der Waals surface area contributed by atoms with E-state index in [0.717, 1.165) is 12.7 Å². The summed E-state index contributed by atoms with van der Waals surface area (Å²) in [5.41, 5.74) is 0.702. The molecule has 0 unspecified atom stereocenters. The zero-order valence-electron chi connectivity index (χ0n) is 11.1. The van der Waals surface area contributed by atoms with Crippen molar-refractivity contribution in [2.24, 2.45) is 0 Å². The van der Waals surface area contributed by atoms with Crippen LogP contribution in [0.3, 0.4) is 0 Å². The van der Waals surface area contributed by atoms with Crippen molar-refractivity contribution in [2.45, 2.75) is 25.7 Å². The molecule has 0 atom stereocenters. The summed E-state index contributed by atoms with van der Waals surface area (Å²) in [5, 5.41) is 10.7. The molecule has 1 rings (SSSR count). The minimum Gasteiger partial charge on any atom is -0.362 e. The number of halogens is 1. The third-order valence-electron chi connectivity index (χ3n) is 2.39. The highest BCUT2D eigenvalue weighted by atomic mass is 35.5. The minimum atomic E-state index is -1.04. The number of pyridine rings is 1. The van der Waals surface area contributed by atoms with Crippen LogP contribution in [-0.4, -0.2) is 32.6 Å². The van der Waals surface area contributed by atoms with E-state index in [0.29, 0.717) is 23.3 Å². The summed E-state index contributed by atoms with van der Waals surface area (Å²) in [6.07, 6.45) is 1.24. The first kappa shape index (κ1) is 15.1. The van der Waals surface area contributed by atoms with Crippen LogP contribution in [0, 0.1) is 5.41 Å². The SMILES string of the molecule is C[Si](C)(C)CCOCNc1nc(Cl)ccc1C=N. The number of rotatable bonds is 7. The van der Waals surface area contributed by atoms with E-state index in [-0.39, 0.29) is 0 Å². The second-order valence-corrected chi connectivity index (χ2v) is 11.3. The van der Waals surface area contributed by atoms with Gasteiger partial charge >= 0.3 is 0 Å². The smallest absolute Gasteiger partial charge is 0.138 e. The van der Waals surface area contributed by atoms with Crippen molar-refractivity contribution >= 4 is 31.7 Å². The molecular weight excluding hydrogens is 266 g/mol. The second-order valence-electron chi connectivity index (χ2n) is 5.26. The highest BCUT2D eigenvalue weighted by Gasteiger charge is 2.12. The number of nitrogens with zero attached hydrogens (tertiary/aromatic N) is 1. The van der Waals surface area contributed by atoms with Crippen molar-refractivity contribution in [1.29, 1.82) is 5.41 Å². The number of anilines is 1. The fourth-order valence-corrected chi connectivity index (χ4v) is 2.18. The van der Waals surface area contributed by atoms with Crippen LogP contribution in [0.1, 0.15) is 5.56 Å². The average molecular weight is 286 g/mol. The molecule has 0 aromatic carbocycles. The number of hydrogen-bond acceptors (Lipinski definition) is 4. The lowest BCUT2D eigenvalue weighted by molar-refractivity contribution is 0.165. The molecule has 6 heteroatoms. The summed E-state index contributed by atoms with van der Waals surface area (Å²) < 4.78 is 5.52. The van der Waals surface area contributed by atoms with Gasteiger partial charge in [-0.2, -0.15) is 0 Å². The van der Waals surface area contributed by atoms with E-state index in [4.69, 9.17) is 21.7 Å². The van der Waals surface area contributed by atoms with Gasteiger partial charge < -0.3 is 15.5 Å². The third kappa shape index (κ3) is 5.62. The van der Waals surface area contributed by atoms with Crippen molar-refractivity contribution in [3.63, 3.8) is 0 Å². The van der Waals surface area contributed by atoms with Crippen LogP contribution in [-0.2, 0) is 4.74 Å². The zero-order valence-corrected chi connectivity index (χ0v) is 12.8. The van der Waals surface area contributed by atoms with E-state index < -0.39 is 8.07 Å². The summed E-state index contributed by atoms with van der Waals surface area (Å²) in [4.78, 5) is 4.12. The molecule has 2 N–H and O–H groups in total. The standard InChI is InChI=1S/C12H20ClN3OSi/c1-18(2,3)7-6-17-9-15-12-10(8-14)4-5-11(13)16-12/h4-5,8,14H,6-7,9H2,1-3H3,(H,15,16). The van der Waals surface area contributed by atoms with Gasteiger partial charge in [0.1, 0.15) is 17.7 Å². The lowest BCUT2D eigenvalue weighted by atomic mass is 10.3. The first-order valence-corrected chi connectivity index (χ1v) is 9.99. The molecule has 0 amide bonds. The van der Waals surface area contributed by atoms with Crippen LogP contribution in [0.25, 0.3) is 0 Å². The Morgan fingerprint density at radius 1 is 1.44 bits per heavy atom. The quantitative estimate of drug-likeness (QED) is 0.265. The number of nitrogens with one attached hydrogen (secondary N) is 2. The van der Waals surface area contributed by atoms with Crippen molar-refractivity contribution < 1.29 is 4.74 Å². The Bertz CT molecular complexity index is 407. The number of hydrogen-bond donors (Lipinski definition) is 2. The number of ether oxygens (including phenoxy) is 1. The van der Waals surface area contributed by atoms with Gasteiger partial charge in [0.25, 0.3) is 0 Å². The van der Waals surface area contributed by atoms with E-state index in [1.807, 2.05) is 0 Å². The van der Waals surface area contributed by atoms with E-state index in [2.05, 4.69) is 29.9 Å². The molecule has 0 aliphatic carbocycles. The van der Waals surface area contributed by atoms with E-state index in [1.165, 1.54) is 6.21 Å². The molecule has 1 aromatic rings. The lowest BCUT2D eigenvalue weighted by Gasteiger charge is -2.16. The van der Waals surface area contributed by atoms with Crippen LogP contribution in [0.15, 0.2) is 12.1 Å². The maximum Gasteiger partial charge on any atom is 0.138 e. The van der Waals surface area contributed by atoms with E-state index in [1.54, 1.807) is 12.1 Å². The normalized spacial score (nSPS) is 11.3. The van der Waals surface area contributed by atoms with Crippen LogP contribution >= 0.6 is 11.6 Å². The minimum absolute atomic E-state index is 0.388. The first-order valence-electron chi connectivity index (χ1n) is 5.91. The maximum absolute atomic E-state index is 7.27. The molecular formula is C12H20ClN3OSi. The molecule has 0 aliphatic heterocycles. The van der Waals surface area contributed by atoms with Gasteiger partial charge in [0.05, 0.1) is 0 Å². The van der Waals surface area contributed by atoms with Crippen molar-refractivity contribution in [3.8, 4) is 0 Å². The van der Waals surface area contributed by atoms with Crippen molar-refractivity contribution in [3.05, 3.63) is 22.8 Å². The van der Waals surface area contributed by atoms with Crippen LogP contribution in [0.4, 0.5) is 5.82 Å². The van der Waals surface area contributed by atoms with E-state index in [9.17, 15) is 0 Å². The van der Waals surface area contributed by atoms with Gasteiger partial charge in [0, 0.05) is 26.5 Å². The summed E-state index contributed by atoms with van der Waals surface area (Å²) in [6.45, 7) is 8.09. The van der Waals surface area contributed by atoms with Gasteiger partial charge in [-0.3, -0.25) is 0 Å². The Labute approximate surface area is 114 Å². The Hall–Kier alpha value is -0.913. The van der Waals surface area contributed by atoms with Gasteiger partial charge in [0.15, 0.2) is 0 Å². The van der Waals surface area contributed by atoms with Crippen LogP contribution in [0.5, 0.6) is 0 Å². The molecule has 0 radical (unpaired) electrons. The fraction of sp³-hybridized carbons (Fsp3) is 0.500. The third-order valence-corrected chi connectivity index (χ3v) is 4.30. The maximum atomic E-state index is 7.27. The molecule has 0 fully saturated rings. The Balaban J connectivity index is 2.39. The topological polar surface area (TPSA) is 58.0 Å². The highest BCUT2D eigenvalue weighted by molar-refractivity contribution is 6.76. The lowest BCUT2D eigenvalue weighted by Crippen LogP contribution is -2.22. The molecule has 4 nitrogen and oxygen atoms in total. The van der Waals surface area contributed by atoms with Gasteiger partial charge in [-0.1, -0.05) is 31.2 Å². The predicted molar refractivity (Wildman–Crippen MR) is 79.7 cm³/mol. The molecule has 0 bridgehead atoms. The molecule has 0 spiro atoms. The Kier molecular flexibility index (Phi) is 5.78. The second kappa shape index (κ2) is 6.87. The molecule has 18 heavy (non-hydrogen) atoms. The summed E-state index contributed by atoms with van der Waals surface area (Å²) in [6, 6.07) is 4.56. The van der Waals surface area contributed by atoms with Crippen LogP contribution in [0.2, 0.25) is 30.8 Å². The molecule has 1 aromatic heterocycles. The molecule has 100 valence electrons. The summed E-state index contributed by atoms with van der Waals surface area (Å²) in [5.74, 6) is 0.588. The largest absolute Gasteiger partial charge is 0.362 e. The van der Waals surface area contributed by atoms with Crippen molar-refractivity contribution in [1.82, 2.24) is 4.98 Å². The van der Waals surface area contributed by atoms with Gasteiger partial charge in [-0.15, -0.1) is 0 Å². The average Bonchev–Trinajstić information content (AvgIpc) is 2.27. The van der Waals surface area contributed by atoms with Gasteiger partial charge in [-0.05, 0) is 18.2 Å². The Morgan fingerprint density at radius 3 is 2.78 bits per heavy atom. The zero-order chi connectivity index (χ0) is 13.6. The number of aromatic nitrogens is 1. The molecule has 0 saturated heterocycles. The molecule has 0 aliphatic rings. The first-order chi connectivity index (χ1) is 8.42. The van der Waals surface area contributed by atoms with Gasteiger partial charge in [-0.25, -0.2) is 4.98 Å². The van der Waals surface area contributed by atoms with E-state index >= 15 is 0 Å². The molecule has 1 heterocycles. The van der Waals surface area contributed by atoms with Gasteiger partial charge in [0.2, 0.25) is 0 Å². The summed E-state index contributed by atoms with van der Waals surface area (Å²) >= 11 is 5.81. The Morgan fingerprint density at radius 2 is 2.17 bits per heavy atom. The summed E-state index contributed by atoms with van der Waals surface area (Å²) in [7, 11) is -1.04. The molecule has 0 saturated carbocycles. The monoisotopic (exact) mass is 285 g/mol. The fourth-order valence-electron chi connectivity index (χ4n) is 1.27. The van der Waals surface area contributed by atoms with Crippen molar-refractivity contribution in [2.75, 3.05) is 18.7 Å².